The number of hydrogen-bond acceptors (Lipinski definition) is 4. The topological polar surface area (TPSA) is 79.8 Å². The third-order valence-corrected chi connectivity index (χ3v) is 5.97. The molecular formula is C24H23FN4O2S. The van der Waals surface area contributed by atoms with Crippen LogP contribution in [0.3, 0.4) is 0 Å². The fraction of sp³-hybridized carbons (Fsp3) is 0.208. The first-order valence-electron chi connectivity index (χ1n) is 10.2. The minimum absolute atomic E-state index is 0.0640. The Labute approximate surface area is 188 Å². The maximum Gasteiger partial charge on any atom is 0.283 e. The summed E-state index contributed by atoms with van der Waals surface area (Å²) in [6.45, 7) is 6.07. The number of aryl methyl sites for hydroxylation is 1. The zero-order valence-electron chi connectivity index (χ0n) is 18.0. The van der Waals surface area contributed by atoms with Crippen molar-refractivity contribution in [3.05, 3.63) is 82.0 Å². The first-order chi connectivity index (χ1) is 15.3. The number of amides is 1. The molecule has 0 spiro atoms. The summed E-state index contributed by atoms with van der Waals surface area (Å²) >= 11 is 1.15. The van der Waals surface area contributed by atoms with E-state index in [1.165, 1.54) is 34.4 Å². The average Bonchev–Trinajstić information content (AvgIpc) is 3.14. The zero-order chi connectivity index (χ0) is 22.8. The first-order valence-corrected chi connectivity index (χ1v) is 11.2. The molecular weight excluding hydrogens is 427 g/mol. The number of hydrogen-bond donors (Lipinski definition) is 2. The number of rotatable bonds is 6. The number of nitrogens with zero attached hydrogens (tertiary/aromatic N) is 2. The smallest absolute Gasteiger partial charge is 0.283 e. The Hall–Kier alpha value is -3.39. The molecule has 0 atom stereocenters. The second-order valence-electron chi connectivity index (χ2n) is 7.84. The van der Waals surface area contributed by atoms with Gasteiger partial charge in [-0.05, 0) is 60.9 Å². The second kappa shape index (κ2) is 9.00. The number of nitrogens with one attached hydrogen (secondary N) is 2. The molecule has 32 heavy (non-hydrogen) atoms. The number of carbonyl (C=O) groups is 1. The van der Waals surface area contributed by atoms with E-state index in [1.54, 1.807) is 6.07 Å². The largest absolute Gasteiger partial charge is 0.353 e. The number of benzene rings is 2. The van der Waals surface area contributed by atoms with Crippen molar-refractivity contribution >= 4 is 34.4 Å². The van der Waals surface area contributed by atoms with Crippen LogP contribution in [0.2, 0.25) is 0 Å². The standard InChI is InChI=1S/C24H23FN4O2S/c1-14(2)16-4-8-18(9-5-16)27-21(30)13-32-24-28-20-12-15(3)26-22(20)23(31)29(24)19-10-6-17(25)7-11-19/h4-12,14,26H,13H2,1-3H3,(H,27,30). The molecule has 0 bridgehead atoms. The molecule has 2 aromatic heterocycles. The zero-order valence-corrected chi connectivity index (χ0v) is 18.8. The number of halogens is 1. The minimum Gasteiger partial charge on any atom is -0.353 e. The van der Waals surface area contributed by atoms with Gasteiger partial charge in [-0.15, -0.1) is 0 Å². The first kappa shape index (κ1) is 21.8. The summed E-state index contributed by atoms with van der Waals surface area (Å²) in [5.41, 5.74) is 3.77. The maximum absolute atomic E-state index is 13.4. The molecule has 2 aromatic carbocycles. The molecule has 0 aliphatic rings. The van der Waals surface area contributed by atoms with E-state index in [0.717, 1.165) is 17.5 Å². The van der Waals surface area contributed by atoms with Gasteiger partial charge in [0.15, 0.2) is 5.16 Å². The van der Waals surface area contributed by atoms with Crippen LogP contribution in [-0.4, -0.2) is 26.2 Å². The van der Waals surface area contributed by atoms with Gasteiger partial charge in [-0.25, -0.2) is 9.37 Å². The summed E-state index contributed by atoms with van der Waals surface area (Å²) in [4.78, 5) is 33.3. The second-order valence-corrected chi connectivity index (χ2v) is 8.78. The van der Waals surface area contributed by atoms with Crippen LogP contribution in [0.4, 0.5) is 10.1 Å². The Kier molecular flexibility index (Phi) is 6.14. The van der Waals surface area contributed by atoms with Crippen LogP contribution in [-0.2, 0) is 4.79 Å². The van der Waals surface area contributed by atoms with E-state index in [0.29, 0.717) is 33.5 Å². The van der Waals surface area contributed by atoms with Crippen molar-refractivity contribution in [2.45, 2.75) is 31.8 Å². The number of carbonyl (C=O) groups excluding carboxylic acids is 1. The van der Waals surface area contributed by atoms with E-state index in [2.05, 4.69) is 29.1 Å². The van der Waals surface area contributed by atoms with Gasteiger partial charge in [0.25, 0.3) is 5.56 Å². The summed E-state index contributed by atoms with van der Waals surface area (Å²) < 4.78 is 14.8. The quantitative estimate of drug-likeness (QED) is 0.319. The van der Waals surface area contributed by atoms with E-state index in [1.807, 2.05) is 31.2 Å². The lowest BCUT2D eigenvalue weighted by molar-refractivity contribution is -0.113. The van der Waals surface area contributed by atoms with E-state index >= 15 is 0 Å². The van der Waals surface area contributed by atoms with E-state index < -0.39 is 5.82 Å². The molecule has 6 nitrogen and oxygen atoms in total. The van der Waals surface area contributed by atoms with Crippen molar-refractivity contribution in [1.29, 1.82) is 0 Å². The lowest BCUT2D eigenvalue weighted by Crippen LogP contribution is -2.23. The van der Waals surface area contributed by atoms with Crippen molar-refractivity contribution in [2.75, 3.05) is 11.1 Å². The number of aromatic nitrogens is 3. The van der Waals surface area contributed by atoms with E-state index in [9.17, 15) is 14.0 Å². The lowest BCUT2D eigenvalue weighted by Gasteiger charge is -2.12. The van der Waals surface area contributed by atoms with Gasteiger partial charge in [-0.2, -0.15) is 0 Å². The number of H-pyrrole nitrogens is 1. The van der Waals surface area contributed by atoms with Crippen LogP contribution < -0.4 is 10.9 Å². The van der Waals surface area contributed by atoms with Gasteiger partial charge in [0.05, 0.1) is 17.0 Å². The molecule has 4 aromatic rings. The van der Waals surface area contributed by atoms with Crippen molar-refractivity contribution in [3.8, 4) is 5.69 Å². The highest BCUT2D eigenvalue weighted by molar-refractivity contribution is 7.99. The van der Waals surface area contributed by atoms with Crippen molar-refractivity contribution in [2.24, 2.45) is 0 Å². The third-order valence-electron chi connectivity index (χ3n) is 5.03. The van der Waals surface area contributed by atoms with Crippen LogP contribution >= 0.6 is 11.8 Å². The number of fused-ring (bicyclic) bond motifs is 1. The lowest BCUT2D eigenvalue weighted by atomic mass is 10.0. The summed E-state index contributed by atoms with van der Waals surface area (Å²) in [7, 11) is 0. The number of aromatic amines is 1. The fourth-order valence-corrected chi connectivity index (χ4v) is 4.18. The molecule has 0 aliphatic heterocycles. The highest BCUT2D eigenvalue weighted by Gasteiger charge is 2.16. The van der Waals surface area contributed by atoms with Gasteiger partial charge in [-0.3, -0.25) is 14.2 Å². The SMILES string of the molecule is Cc1cc2nc(SCC(=O)Nc3ccc(C(C)C)cc3)n(-c3ccc(F)cc3)c(=O)c2[nH]1. The van der Waals surface area contributed by atoms with Gasteiger partial charge in [0, 0.05) is 11.4 Å². The predicted molar refractivity (Wildman–Crippen MR) is 126 cm³/mol. The monoisotopic (exact) mass is 450 g/mol. The summed E-state index contributed by atoms with van der Waals surface area (Å²) in [5, 5.41) is 3.23. The highest BCUT2D eigenvalue weighted by Crippen LogP contribution is 2.23. The Balaban J connectivity index is 1.60. The molecule has 4 rings (SSSR count). The summed E-state index contributed by atoms with van der Waals surface area (Å²) in [5.74, 6) is -0.133. The van der Waals surface area contributed by atoms with Crippen LogP contribution in [0, 0.1) is 12.7 Å². The summed E-state index contributed by atoms with van der Waals surface area (Å²) in [6, 6.07) is 15.1. The van der Waals surface area contributed by atoms with Crippen LogP contribution in [0.25, 0.3) is 16.7 Å². The minimum atomic E-state index is -0.399. The molecule has 0 fully saturated rings. The Morgan fingerprint density at radius 3 is 2.50 bits per heavy atom. The van der Waals surface area contributed by atoms with Crippen LogP contribution in [0.5, 0.6) is 0 Å². The molecule has 2 N–H and O–H groups in total. The average molecular weight is 451 g/mol. The summed E-state index contributed by atoms with van der Waals surface area (Å²) in [6.07, 6.45) is 0. The Morgan fingerprint density at radius 1 is 1.16 bits per heavy atom. The van der Waals surface area contributed by atoms with Crippen molar-refractivity contribution < 1.29 is 9.18 Å². The molecule has 0 unspecified atom stereocenters. The van der Waals surface area contributed by atoms with Crippen LogP contribution in [0.15, 0.2) is 64.5 Å². The van der Waals surface area contributed by atoms with E-state index in [-0.39, 0.29) is 17.2 Å². The van der Waals surface area contributed by atoms with E-state index in [4.69, 9.17) is 0 Å². The van der Waals surface area contributed by atoms with Crippen molar-refractivity contribution in [3.63, 3.8) is 0 Å². The van der Waals surface area contributed by atoms with Gasteiger partial charge < -0.3 is 10.3 Å². The Morgan fingerprint density at radius 2 is 1.84 bits per heavy atom. The molecule has 0 aliphatic carbocycles. The van der Waals surface area contributed by atoms with Gasteiger partial charge >= 0.3 is 0 Å². The fourth-order valence-electron chi connectivity index (χ4n) is 3.37. The predicted octanol–water partition coefficient (Wildman–Crippen LogP) is 5.02. The third kappa shape index (κ3) is 4.60. The number of anilines is 1. The molecule has 0 saturated heterocycles. The molecule has 2 heterocycles. The van der Waals surface area contributed by atoms with Gasteiger partial charge in [-0.1, -0.05) is 37.7 Å². The van der Waals surface area contributed by atoms with Gasteiger partial charge in [0.2, 0.25) is 5.91 Å². The molecule has 1 amide bonds. The maximum atomic E-state index is 13.4. The van der Waals surface area contributed by atoms with Crippen molar-refractivity contribution in [1.82, 2.24) is 14.5 Å². The normalized spacial score (nSPS) is 11.3. The molecule has 8 heteroatoms. The van der Waals surface area contributed by atoms with Gasteiger partial charge in [0.1, 0.15) is 11.3 Å². The molecule has 164 valence electrons. The van der Waals surface area contributed by atoms with Crippen LogP contribution in [0.1, 0.15) is 31.0 Å². The molecule has 0 radical (unpaired) electrons. The Bertz CT molecular complexity index is 1330. The molecule has 0 saturated carbocycles. The number of thioether (sulfide) groups is 1. The highest BCUT2D eigenvalue weighted by atomic mass is 32.2.